The maximum atomic E-state index is 12.4. The van der Waals surface area contributed by atoms with E-state index in [0.29, 0.717) is 19.6 Å². The van der Waals surface area contributed by atoms with Crippen molar-refractivity contribution in [2.45, 2.75) is 169 Å². The van der Waals surface area contributed by atoms with Crippen LogP contribution in [0.5, 0.6) is 0 Å². The molecule has 3 heterocycles. The van der Waals surface area contributed by atoms with E-state index in [4.69, 9.17) is 28.1 Å². The molecule has 0 unspecified atom stereocenters. The second-order valence-electron chi connectivity index (χ2n) is 17.7. The molecular weight excluding hydrogens is 747 g/mol. The fraction of sp³-hybridized carbons (Fsp3) is 0.775. The molecule has 0 bridgehead atoms. The Kier molecular flexibility index (Phi) is 15.1. The Morgan fingerprint density at radius 3 is 2.35 bits per heavy atom. The van der Waals surface area contributed by atoms with E-state index in [1.54, 1.807) is 0 Å². The number of fused-ring (bicyclic) bond motifs is 1. The van der Waals surface area contributed by atoms with Crippen molar-refractivity contribution in [2.75, 3.05) is 13.2 Å². The van der Waals surface area contributed by atoms with Crippen molar-refractivity contribution in [3.63, 3.8) is 0 Å². The number of hydrogen-bond donors (Lipinski definition) is 0. The minimum Gasteiger partial charge on any atom is -0.465 e. The molecule has 0 aromatic carbocycles. The monoisotopic (exact) mass is 814 g/mol. The van der Waals surface area contributed by atoms with Gasteiger partial charge in [-0.2, -0.15) is 0 Å². The third-order valence-corrected chi connectivity index (χ3v) is 15.8. The normalized spacial score (nSPS) is 33.3. The molecule has 3 aliphatic rings. The summed E-state index contributed by atoms with van der Waals surface area (Å²) in [6.07, 6.45) is 17.2. The zero-order chi connectivity index (χ0) is 36.8. The number of ether oxygens (including phenoxy) is 5. The van der Waals surface area contributed by atoms with Gasteiger partial charge in [-0.05, 0) is 83.0 Å². The van der Waals surface area contributed by atoms with Crippen LogP contribution in [0.3, 0.4) is 0 Å². The molecule has 0 saturated carbocycles. The van der Waals surface area contributed by atoms with Crippen molar-refractivity contribution in [3.8, 4) is 0 Å². The number of carbonyl (C=O) groups excluding carboxylic acids is 1. The van der Waals surface area contributed by atoms with Gasteiger partial charge in [-0.3, -0.25) is 4.79 Å². The van der Waals surface area contributed by atoms with Crippen molar-refractivity contribution in [3.05, 3.63) is 46.1 Å². The molecule has 8 atom stereocenters. The highest BCUT2D eigenvalue weighted by Gasteiger charge is 2.53. The van der Waals surface area contributed by atoms with Crippen LogP contribution < -0.4 is 0 Å². The van der Waals surface area contributed by atoms with Gasteiger partial charge in [0, 0.05) is 24.2 Å². The zero-order valence-corrected chi connectivity index (χ0v) is 35.9. The molecule has 3 aliphatic heterocycles. The molecule has 49 heavy (non-hydrogen) atoms. The molecule has 0 radical (unpaired) electrons. The van der Waals surface area contributed by atoms with E-state index >= 15 is 0 Å². The molecular formula is C40H67IO7Si. The number of allylic oxidation sites excluding steroid dienone is 4. The van der Waals surface area contributed by atoms with E-state index in [-0.39, 0.29) is 59.0 Å². The second kappa shape index (κ2) is 17.3. The minimum absolute atomic E-state index is 0.00426. The van der Waals surface area contributed by atoms with Crippen molar-refractivity contribution in [2.24, 2.45) is 16.7 Å². The van der Waals surface area contributed by atoms with Crippen LogP contribution in [0.15, 0.2) is 46.1 Å². The smallest absolute Gasteiger partial charge is 0.311 e. The van der Waals surface area contributed by atoms with E-state index in [9.17, 15) is 4.79 Å². The lowest BCUT2D eigenvalue weighted by Gasteiger charge is -2.54. The van der Waals surface area contributed by atoms with Gasteiger partial charge < -0.3 is 28.1 Å². The maximum absolute atomic E-state index is 12.4. The highest BCUT2D eigenvalue weighted by atomic mass is 127. The Balaban J connectivity index is 1.65. The topological polar surface area (TPSA) is 72.5 Å². The Morgan fingerprint density at radius 2 is 1.71 bits per heavy atom. The van der Waals surface area contributed by atoms with Crippen molar-refractivity contribution in [1.82, 2.24) is 0 Å². The maximum Gasteiger partial charge on any atom is 0.311 e. The molecule has 0 aromatic heterocycles. The molecule has 0 aromatic rings. The lowest BCUT2D eigenvalue weighted by atomic mass is 9.73. The first-order chi connectivity index (χ1) is 22.6. The van der Waals surface area contributed by atoms with Crippen LogP contribution in [0.1, 0.15) is 108 Å². The Hall–Kier alpha value is -0.823. The number of rotatable bonds is 12. The summed E-state index contributed by atoms with van der Waals surface area (Å²) in [5.74, 6) is -0.575. The summed E-state index contributed by atoms with van der Waals surface area (Å²) in [5.41, 5.74) is 0.327. The van der Waals surface area contributed by atoms with Crippen LogP contribution in [-0.2, 0) is 32.9 Å². The molecule has 0 amide bonds. The molecule has 3 saturated heterocycles. The van der Waals surface area contributed by atoms with Gasteiger partial charge in [0.05, 0.1) is 55.3 Å². The third kappa shape index (κ3) is 12.1. The zero-order valence-electron chi connectivity index (χ0n) is 32.8. The summed E-state index contributed by atoms with van der Waals surface area (Å²) in [6, 6.07) is 0. The molecule has 0 N–H and O–H groups in total. The summed E-state index contributed by atoms with van der Waals surface area (Å²) < 4.78 is 40.5. The third-order valence-electron chi connectivity index (χ3n) is 10.8. The number of hydrogen-bond acceptors (Lipinski definition) is 7. The van der Waals surface area contributed by atoms with E-state index < -0.39 is 19.5 Å². The lowest BCUT2D eigenvalue weighted by molar-refractivity contribution is -0.351. The van der Waals surface area contributed by atoms with Crippen LogP contribution in [0.2, 0.25) is 18.1 Å². The average Bonchev–Trinajstić information content (AvgIpc) is 2.97. The van der Waals surface area contributed by atoms with Crippen LogP contribution in [0, 0.1) is 16.7 Å². The summed E-state index contributed by atoms with van der Waals surface area (Å²) in [6.45, 7) is 28.6. The molecule has 0 aliphatic carbocycles. The predicted molar refractivity (Wildman–Crippen MR) is 210 cm³/mol. The van der Waals surface area contributed by atoms with E-state index in [1.807, 2.05) is 34.6 Å². The van der Waals surface area contributed by atoms with E-state index in [1.165, 1.54) is 5.57 Å². The number of halogens is 1. The Morgan fingerprint density at radius 1 is 1.02 bits per heavy atom. The SMILES string of the molecule is CC(/C=C/C/C=C/[C@@H]1C[C@H]2OC(C)(C)OC[C@@]2(C)[C@H](CCOC(=O)C(C)(C)C)O1)=C\[C@H]1O[C@@H](C/C=C/I)C[C@H](O[Si](C)(C)C(C)(C)C)[C@H]1C. The first-order valence-electron chi connectivity index (χ1n) is 18.3. The van der Waals surface area contributed by atoms with Gasteiger partial charge in [-0.1, -0.05) is 99.2 Å². The summed E-state index contributed by atoms with van der Waals surface area (Å²) in [5, 5.41) is 0.165. The van der Waals surface area contributed by atoms with Crippen molar-refractivity contribution < 1.29 is 32.9 Å². The summed E-state index contributed by atoms with van der Waals surface area (Å²) in [4.78, 5) is 12.4. The number of carbonyl (C=O) groups is 1. The van der Waals surface area contributed by atoms with Gasteiger partial charge in [0.1, 0.15) is 0 Å². The summed E-state index contributed by atoms with van der Waals surface area (Å²) >= 11 is 2.28. The van der Waals surface area contributed by atoms with Crippen molar-refractivity contribution in [1.29, 1.82) is 0 Å². The van der Waals surface area contributed by atoms with E-state index in [0.717, 1.165) is 25.7 Å². The van der Waals surface area contributed by atoms with Gasteiger partial charge in [0.15, 0.2) is 14.1 Å². The Bertz CT molecular complexity index is 1210. The fourth-order valence-corrected chi connectivity index (χ4v) is 8.12. The standard InChI is InChI=1S/C40H67IO7Si/c1-28(24-32-29(2)33(25-30(45-32)20-17-22-41)48-49(12,13)38(6,7)8)18-15-14-16-19-31-26-35-40(11,27-44-39(9,10)47-35)34(46-31)21-23-43-36(42)37(3,4)5/h15-19,22,24,29-35H,14,20-21,23,25-27H2,1-13H3/b18-15+,19-16+,22-17+,28-24+/t29-,30-,31+,32+,33-,34-,35+,40-/m0/s1. The molecule has 7 nitrogen and oxygen atoms in total. The van der Waals surface area contributed by atoms with Crippen LogP contribution in [-0.4, -0.2) is 69.9 Å². The fourth-order valence-electron chi connectivity index (χ4n) is 6.40. The highest BCUT2D eigenvalue weighted by molar-refractivity contribution is 14.1. The molecule has 3 fully saturated rings. The van der Waals surface area contributed by atoms with Gasteiger partial charge in [0.2, 0.25) is 0 Å². The molecule has 9 heteroatoms. The quantitative estimate of drug-likeness (QED) is 0.0639. The van der Waals surface area contributed by atoms with Crippen molar-refractivity contribution >= 4 is 36.9 Å². The van der Waals surface area contributed by atoms with Gasteiger partial charge >= 0.3 is 5.97 Å². The van der Waals surface area contributed by atoms with Crippen LogP contribution >= 0.6 is 22.6 Å². The first-order valence-corrected chi connectivity index (χ1v) is 22.5. The highest BCUT2D eigenvalue weighted by Crippen LogP contribution is 2.46. The second-order valence-corrected chi connectivity index (χ2v) is 23.2. The largest absolute Gasteiger partial charge is 0.465 e. The first kappa shape index (κ1) is 42.6. The summed E-state index contributed by atoms with van der Waals surface area (Å²) in [7, 11) is -1.91. The van der Waals surface area contributed by atoms with Gasteiger partial charge in [0.25, 0.3) is 0 Å². The average molecular weight is 815 g/mol. The number of esters is 1. The molecule has 0 spiro atoms. The molecule has 3 rings (SSSR count). The molecule has 280 valence electrons. The van der Waals surface area contributed by atoms with Gasteiger partial charge in [-0.15, -0.1) is 0 Å². The van der Waals surface area contributed by atoms with Crippen LogP contribution in [0.25, 0.3) is 0 Å². The Labute approximate surface area is 313 Å². The van der Waals surface area contributed by atoms with Gasteiger partial charge in [-0.25, -0.2) is 0 Å². The van der Waals surface area contributed by atoms with E-state index in [2.05, 4.69) is 118 Å². The predicted octanol–water partition coefficient (Wildman–Crippen LogP) is 10.3. The van der Waals surface area contributed by atoms with Crippen LogP contribution in [0.4, 0.5) is 0 Å². The minimum atomic E-state index is -1.91. The lowest BCUT2D eigenvalue weighted by Crippen LogP contribution is -2.61.